The Morgan fingerprint density at radius 1 is 1.29 bits per heavy atom. The zero-order chi connectivity index (χ0) is 16.2. The SMILES string of the molecule is CC(C)(C)OC(=O)N(O)[C@@H](CCO)c1cc(F)cc(F)c1. The number of hydrogen-bond donors (Lipinski definition) is 2. The van der Waals surface area contributed by atoms with Gasteiger partial charge in [0.15, 0.2) is 0 Å². The molecule has 21 heavy (non-hydrogen) atoms. The molecule has 0 saturated carbocycles. The molecular weight excluding hydrogens is 284 g/mol. The Kier molecular flexibility index (Phi) is 5.62. The molecule has 0 aliphatic heterocycles. The van der Waals surface area contributed by atoms with Crippen LogP contribution in [0.3, 0.4) is 0 Å². The zero-order valence-electron chi connectivity index (χ0n) is 12.1. The highest BCUT2D eigenvalue weighted by Gasteiger charge is 2.28. The van der Waals surface area contributed by atoms with E-state index in [9.17, 15) is 18.8 Å². The third-order valence-corrected chi connectivity index (χ3v) is 2.55. The molecule has 0 bridgehead atoms. The maximum atomic E-state index is 13.2. The molecule has 0 radical (unpaired) electrons. The molecule has 0 fully saturated rings. The second-order valence-corrected chi connectivity index (χ2v) is 5.56. The monoisotopic (exact) mass is 303 g/mol. The molecule has 0 saturated heterocycles. The van der Waals surface area contributed by atoms with Crippen LogP contribution in [0.25, 0.3) is 0 Å². The van der Waals surface area contributed by atoms with Crippen LogP contribution in [-0.2, 0) is 4.74 Å². The van der Waals surface area contributed by atoms with Gasteiger partial charge in [-0.05, 0) is 44.9 Å². The topological polar surface area (TPSA) is 70.0 Å². The Bertz CT molecular complexity index is 482. The van der Waals surface area contributed by atoms with Gasteiger partial charge in [-0.2, -0.15) is 5.06 Å². The van der Waals surface area contributed by atoms with Crippen molar-refractivity contribution in [1.29, 1.82) is 0 Å². The van der Waals surface area contributed by atoms with E-state index < -0.39 is 29.4 Å². The Labute approximate surface area is 121 Å². The van der Waals surface area contributed by atoms with E-state index in [1.807, 2.05) is 0 Å². The number of aliphatic hydroxyl groups is 1. The van der Waals surface area contributed by atoms with Crippen molar-refractivity contribution in [3.8, 4) is 0 Å². The Hall–Kier alpha value is -1.73. The third kappa shape index (κ3) is 5.28. The fraction of sp³-hybridized carbons (Fsp3) is 0.500. The normalized spacial score (nSPS) is 12.9. The number of rotatable bonds is 4. The first-order chi connectivity index (χ1) is 9.64. The van der Waals surface area contributed by atoms with Gasteiger partial charge in [-0.15, -0.1) is 0 Å². The van der Waals surface area contributed by atoms with Crippen LogP contribution in [0, 0.1) is 11.6 Å². The molecular formula is C14H19F2NO4. The summed E-state index contributed by atoms with van der Waals surface area (Å²) in [5.41, 5.74) is -0.815. The molecule has 0 unspecified atom stereocenters. The number of amides is 1. The smallest absolute Gasteiger partial charge is 0.434 e. The molecule has 0 aromatic heterocycles. The van der Waals surface area contributed by atoms with Gasteiger partial charge in [0.05, 0.1) is 6.04 Å². The van der Waals surface area contributed by atoms with E-state index in [2.05, 4.69) is 0 Å². The van der Waals surface area contributed by atoms with Crippen LogP contribution in [0.4, 0.5) is 13.6 Å². The van der Waals surface area contributed by atoms with Gasteiger partial charge in [-0.1, -0.05) is 0 Å². The van der Waals surface area contributed by atoms with Crippen molar-refractivity contribution < 1.29 is 28.6 Å². The zero-order valence-corrected chi connectivity index (χ0v) is 12.1. The third-order valence-electron chi connectivity index (χ3n) is 2.55. The Morgan fingerprint density at radius 3 is 2.24 bits per heavy atom. The summed E-state index contributed by atoms with van der Waals surface area (Å²) >= 11 is 0. The molecule has 2 N–H and O–H groups in total. The first-order valence-corrected chi connectivity index (χ1v) is 6.42. The lowest BCUT2D eigenvalue weighted by Gasteiger charge is -2.28. The van der Waals surface area contributed by atoms with Crippen molar-refractivity contribution in [2.24, 2.45) is 0 Å². The number of nitrogens with zero attached hydrogens (tertiary/aromatic N) is 1. The molecule has 7 heteroatoms. The molecule has 1 rings (SSSR count). The van der Waals surface area contributed by atoms with Crippen LogP contribution in [-0.4, -0.2) is 33.7 Å². The summed E-state index contributed by atoms with van der Waals surface area (Å²) in [6.07, 6.45) is -1.16. The molecule has 0 heterocycles. The van der Waals surface area contributed by atoms with Gasteiger partial charge in [0, 0.05) is 12.7 Å². The van der Waals surface area contributed by atoms with Gasteiger partial charge < -0.3 is 9.84 Å². The van der Waals surface area contributed by atoms with Crippen molar-refractivity contribution in [1.82, 2.24) is 5.06 Å². The van der Waals surface area contributed by atoms with Gasteiger partial charge >= 0.3 is 6.09 Å². The molecule has 1 aromatic carbocycles. The van der Waals surface area contributed by atoms with Gasteiger partial charge in [0.2, 0.25) is 0 Å². The standard InChI is InChI=1S/C14H19F2NO4/c1-14(2,3)21-13(19)17(20)12(4-5-18)9-6-10(15)8-11(16)7-9/h6-8,12,18,20H,4-5H2,1-3H3/t12-/m0/s1. The lowest BCUT2D eigenvalue weighted by molar-refractivity contribution is -0.125. The van der Waals surface area contributed by atoms with E-state index in [0.29, 0.717) is 6.07 Å². The van der Waals surface area contributed by atoms with E-state index in [1.54, 1.807) is 20.8 Å². The highest BCUT2D eigenvalue weighted by Crippen LogP contribution is 2.26. The van der Waals surface area contributed by atoms with Crippen molar-refractivity contribution in [3.05, 3.63) is 35.4 Å². The van der Waals surface area contributed by atoms with Crippen LogP contribution >= 0.6 is 0 Å². The molecule has 0 spiro atoms. The number of halogens is 2. The fourth-order valence-corrected chi connectivity index (χ4v) is 1.76. The number of carbonyl (C=O) groups excluding carboxylic acids is 1. The summed E-state index contributed by atoms with van der Waals surface area (Å²) in [6, 6.07) is 1.53. The maximum Gasteiger partial charge on any atom is 0.434 e. The minimum atomic E-state index is -1.12. The number of benzene rings is 1. The molecule has 0 aliphatic carbocycles. The Balaban J connectivity index is 3.02. The van der Waals surface area contributed by atoms with E-state index in [0.717, 1.165) is 12.1 Å². The summed E-state index contributed by atoms with van der Waals surface area (Å²) in [5.74, 6) is -1.68. The first-order valence-electron chi connectivity index (χ1n) is 6.42. The summed E-state index contributed by atoms with van der Waals surface area (Å²) in [7, 11) is 0. The van der Waals surface area contributed by atoms with Gasteiger partial charge in [0.25, 0.3) is 0 Å². The minimum Gasteiger partial charge on any atom is -0.442 e. The van der Waals surface area contributed by atoms with Crippen molar-refractivity contribution in [2.75, 3.05) is 6.61 Å². The average molecular weight is 303 g/mol. The lowest BCUT2D eigenvalue weighted by Crippen LogP contribution is -2.37. The van der Waals surface area contributed by atoms with Crippen molar-refractivity contribution in [3.63, 3.8) is 0 Å². The second kappa shape index (κ2) is 6.82. The van der Waals surface area contributed by atoms with Gasteiger partial charge in [-0.3, -0.25) is 5.21 Å². The predicted octanol–water partition coefficient (Wildman–Crippen LogP) is 3.01. The lowest BCUT2D eigenvalue weighted by atomic mass is 10.0. The van der Waals surface area contributed by atoms with Crippen LogP contribution in [0.15, 0.2) is 18.2 Å². The summed E-state index contributed by atoms with van der Waals surface area (Å²) in [4.78, 5) is 11.8. The Morgan fingerprint density at radius 2 is 1.81 bits per heavy atom. The first kappa shape index (κ1) is 17.3. The highest BCUT2D eigenvalue weighted by atomic mass is 19.1. The molecule has 1 aromatic rings. The summed E-state index contributed by atoms with van der Waals surface area (Å²) in [5, 5.41) is 19.2. The van der Waals surface area contributed by atoms with Gasteiger partial charge in [-0.25, -0.2) is 13.6 Å². The minimum absolute atomic E-state index is 0.0231. The highest BCUT2D eigenvalue weighted by molar-refractivity contribution is 5.67. The van der Waals surface area contributed by atoms with Gasteiger partial charge in [0.1, 0.15) is 17.2 Å². The van der Waals surface area contributed by atoms with E-state index >= 15 is 0 Å². The number of carbonyl (C=O) groups is 1. The molecule has 1 amide bonds. The number of hydrogen-bond acceptors (Lipinski definition) is 4. The fourth-order valence-electron chi connectivity index (χ4n) is 1.76. The van der Waals surface area contributed by atoms with E-state index in [1.165, 1.54) is 0 Å². The summed E-state index contributed by atoms with van der Waals surface area (Å²) in [6.45, 7) is 4.45. The average Bonchev–Trinajstić information content (AvgIpc) is 2.31. The molecule has 0 aliphatic rings. The van der Waals surface area contributed by atoms with Crippen LogP contribution < -0.4 is 0 Å². The largest absolute Gasteiger partial charge is 0.442 e. The van der Waals surface area contributed by atoms with Crippen LogP contribution in [0.1, 0.15) is 38.8 Å². The second-order valence-electron chi connectivity index (χ2n) is 5.56. The number of ether oxygens (including phenoxy) is 1. The van der Waals surface area contributed by atoms with Crippen LogP contribution in [0.5, 0.6) is 0 Å². The predicted molar refractivity (Wildman–Crippen MR) is 70.7 cm³/mol. The maximum absolute atomic E-state index is 13.2. The molecule has 1 atom stereocenters. The van der Waals surface area contributed by atoms with E-state index in [-0.39, 0.29) is 23.7 Å². The molecule has 118 valence electrons. The summed E-state index contributed by atoms with van der Waals surface area (Å²) < 4.78 is 31.5. The molecule has 5 nitrogen and oxygen atoms in total. The van der Waals surface area contributed by atoms with Crippen molar-refractivity contribution >= 4 is 6.09 Å². The van der Waals surface area contributed by atoms with E-state index in [4.69, 9.17) is 9.84 Å². The quantitative estimate of drug-likeness (QED) is 0.662. The number of hydroxylamine groups is 2. The van der Waals surface area contributed by atoms with Crippen LogP contribution in [0.2, 0.25) is 0 Å². The number of aliphatic hydroxyl groups excluding tert-OH is 1. The van der Waals surface area contributed by atoms with Crippen molar-refractivity contribution in [2.45, 2.75) is 38.8 Å².